The van der Waals surface area contributed by atoms with Crippen molar-refractivity contribution in [1.29, 1.82) is 0 Å². The highest BCUT2D eigenvalue weighted by molar-refractivity contribution is 7.80. The number of rotatable bonds is 40. The molecule has 0 fully saturated rings. The van der Waals surface area contributed by atoms with Gasteiger partial charge in [0.1, 0.15) is 0 Å². The van der Waals surface area contributed by atoms with Crippen molar-refractivity contribution in [3.63, 3.8) is 0 Å². The second-order valence-electron chi connectivity index (χ2n) is 15.3. The van der Waals surface area contributed by atoms with Crippen molar-refractivity contribution >= 4 is 63.8 Å². The smallest absolute Gasteiger partial charge is 0.223 e. The predicted octanol–water partition coefficient (Wildman–Crippen LogP) is 7.46. The Hall–Kier alpha value is -2.03. The lowest BCUT2D eigenvalue weighted by atomic mass is 10.0. The molecule has 0 saturated heterocycles. The molecule has 0 heterocycles. The molecule has 334 valence electrons. The third kappa shape index (κ3) is 40.5. The average Bonchev–Trinajstić information content (AvgIpc) is 3.20. The zero-order valence-electron chi connectivity index (χ0n) is 36.5. The third-order valence-corrected chi connectivity index (χ3v) is 10.9. The van der Waals surface area contributed by atoms with Gasteiger partial charge in [-0.2, -0.15) is 0 Å². The summed E-state index contributed by atoms with van der Waals surface area (Å²) >= 11 is 15.8. The molecule has 0 unspecified atom stereocenters. The fraction of sp³-hybridized carbons (Fsp3) is 0.884. The zero-order valence-corrected chi connectivity index (χ0v) is 39.0. The molecule has 0 aliphatic rings. The first-order valence-corrected chi connectivity index (χ1v) is 24.4. The van der Waals surface area contributed by atoms with E-state index in [0.29, 0.717) is 67.7 Å². The van der Waals surface area contributed by atoms with Crippen molar-refractivity contribution in [2.45, 2.75) is 181 Å². The number of hydrogen-bond acceptors (Lipinski definition) is 6. The van der Waals surface area contributed by atoms with E-state index in [-0.39, 0.29) is 24.7 Å². The van der Waals surface area contributed by atoms with Gasteiger partial charge < -0.3 is 47.9 Å². The number of hydrogen-bond donors (Lipinski definition) is 8. The molecule has 0 aromatic rings. The van der Waals surface area contributed by atoms with Crippen molar-refractivity contribution in [2.24, 2.45) is 5.73 Å². The first kappa shape index (κ1) is 55.0. The Kier molecular flexibility index (Phi) is 42.0. The van der Waals surface area contributed by atoms with Gasteiger partial charge in [0.05, 0.1) is 0 Å². The Bertz CT molecular complexity index is 966. The van der Waals surface area contributed by atoms with Gasteiger partial charge in [-0.05, 0) is 49.5 Å². The normalized spacial score (nSPS) is 10.8. The van der Waals surface area contributed by atoms with Crippen LogP contribution in [0.3, 0.4) is 0 Å². The Balaban J connectivity index is 4.27. The number of nitrogens with two attached hydrogens (primary N) is 1. The van der Waals surface area contributed by atoms with E-state index in [1.165, 1.54) is 141 Å². The monoisotopic (exact) mass is 858 g/mol. The highest BCUT2D eigenvalue weighted by Crippen LogP contribution is 2.15. The minimum absolute atomic E-state index is 0.103. The lowest BCUT2D eigenvalue weighted by molar-refractivity contribution is -0.133. The number of amides is 2. The van der Waals surface area contributed by atoms with Crippen LogP contribution in [0.5, 0.6) is 0 Å². The minimum atomic E-state index is -0.103. The molecule has 9 N–H and O–H groups in total. The number of thiocarbonyl (C=S) groups is 3. The quantitative estimate of drug-likeness (QED) is 0.0229. The second kappa shape index (κ2) is 43.5. The first-order chi connectivity index (χ1) is 27.8. The molecule has 0 bridgehead atoms. The molecule has 0 saturated carbocycles. The molecule has 0 aromatic carbocycles. The standard InChI is InChI=1S/C43H87N9O2S3/c1-3-5-7-9-11-13-15-17-19-21-23-25-37-52(38-26-24-22-20-18-16-14-12-10-8-6-4-2)40(54)28-27-39(53)45-31-32-47-42(56)49-35-36-51-43(57)50-34-33-48-41(55)46-30-29-44/h3-38,44H2,1-2H3,(H,45,53)(H2,46,48,55)(H2,47,49,56)(H2,50,51,57). The van der Waals surface area contributed by atoms with Crippen molar-refractivity contribution in [3.05, 3.63) is 0 Å². The van der Waals surface area contributed by atoms with E-state index < -0.39 is 0 Å². The van der Waals surface area contributed by atoms with E-state index in [2.05, 4.69) is 51.1 Å². The topological polar surface area (TPSA) is 148 Å². The van der Waals surface area contributed by atoms with Crippen molar-refractivity contribution in [1.82, 2.24) is 42.1 Å². The van der Waals surface area contributed by atoms with Gasteiger partial charge in [-0.15, -0.1) is 0 Å². The summed E-state index contributed by atoms with van der Waals surface area (Å²) in [7, 11) is 0. The summed E-state index contributed by atoms with van der Waals surface area (Å²) in [6.45, 7) is 10.7. The van der Waals surface area contributed by atoms with Crippen LogP contribution in [0.25, 0.3) is 0 Å². The van der Waals surface area contributed by atoms with E-state index in [1.54, 1.807) is 0 Å². The maximum Gasteiger partial charge on any atom is 0.223 e. The largest absolute Gasteiger partial charge is 0.361 e. The molecule has 14 heteroatoms. The molecule has 0 spiro atoms. The zero-order chi connectivity index (χ0) is 41.9. The summed E-state index contributed by atoms with van der Waals surface area (Å²) in [5, 5.41) is 23.1. The SMILES string of the molecule is CCCCCCCCCCCCCCN(CCCCCCCCCCCCCC)C(=O)CCC(=O)NCCNC(=S)NCCNC(=S)NCCNC(=S)NCCN. The van der Waals surface area contributed by atoms with Gasteiger partial charge in [-0.25, -0.2) is 0 Å². The van der Waals surface area contributed by atoms with E-state index in [0.717, 1.165) is 25.9 Å². The van der Waals surface area contributed by atoms with Gasteiger partial charge >= 0.3 is 0 Å². The van der Waals surface area contributed by atoms with Crippen molar-refractivity contribution in [3.8, 4) is 0 Å². The minimum Gasteiger partial charge on any atom is -0.361 e. The van der Waals surface area contributed by atoms with Crippen LogP contribution < -0.4 is 43.0 Å². The summed E-state index contributed by atoms with van der Waals surface area (Å²) in [5.41, 5.74) is 5.45. The molecule has 0 radical (unpaired) electrons. The Morgan fingerprint density at radius 2 is 0.684 bits per heavy atom. The molecule has 57 heavy (non-hydrogen) atoms. The fourth-order valence-corrected chi connectivity index (χ4v) is 7.18. The summed E-state index contributed by atoms with van der Waals surface area (Å²) in [5.74, 6) is 0.00764. The van der Waals surface area contributed by atoms with Gasteiger partial charge in [0.2, 0.25) is 11.8 Å². The van der Waals surface area contributed by atoms with Crippen molar-refractivity contribution < 1.29 is 9.59 Å². The lowest BCUT2D eigenvalue weighted by Crippen LogP contribution is -2.46. The van der Waals surface area contributed by atoms with Gasteiger partial charge in [-0.1, -0.05) is 155 Å². The number of nitrogens with zero attached hydrogens (tertiary/aromatic N) is 1. The molecule has 0 rings (SSSR count). The summed E-state index contributed by atoms with van der Waals surface area (Å²) in [4.78, 5) is 27.9. The van der Waals surface area contributed by atoms with Crippen LogP contribution in [0.2, 0.25) is 0 Å². The first-order valence-electron chi connectivity index (χ1n) is 23.1. The van der Waals surface area contributed by atoms with Crippen LogP contribution in [-0.2, 0) is 9.59 Å². The number of carbonyl (C=O) groups excluding carboxylic acids is 2. The highest BCUT2D eigenvalue weighted by Gasteiger charge is 2.15. The van der Waals surface area contributed by atoms with Crippen LogP contribution in [0.1, 0.15) is 181 Å². The van der Waals surface area contributed by atoms with Gasteiger partial charge in [0.25, 0.3) is 0 Å². The van der Waals surface area contributed by atoms with E-state index in [4.69, 9.17) is 42.4 Å². The molecule has 0 aromatic heterocycles. The van der Waals surface area contributed by atoms with Crippen LogP contribution in [-0.4, -0.2) is 97.5 Å². The maximum absolute atomic E-state index is 13.3. The lowest BCUT2D eigenvalue weighted by Gasteiger charge is -2.23. The molecule has 0 aliphatic heterocycles. The van der Waals surface area contributed by atoms with Crippen LogP contribution >= 0.6 is 36.7 Å². The molecular weight excluding hydrogens is 771 g/mol. The van der Waals surface area contributed by atoms with Gasteiger partial charge in [0, 0.05) is 78.3 Å². The number of unbranched alkanes of at least 4 members (excludes halogenated alkanes) is 22. The van der Waals surface area contributed by atoms with Crippen LogP contribution in [0, 0.1) is 0 Å². The van der Waals surface area contributed by atoms with E-state index in [1.807, 2.05) is 4.90 Å². The summed E-state index contributed by atoms with van der Waals surface area (Å²) < 4.78 is 0. The Morgan fingerprint density at radius 3 is 1.00 bits per heavy atom. The van der Waals surface area contributed by atoms with Crippen LogP contribution in [0.15, 0.2) is 0 Å². The van der Waals surface area contributed by atoms with Crippen LogP contribution in [0.4, 0.5) is 0 Å². The maximum atomic E-state index is 13.3. The highest BCUT2D eigenvalue weighted by atomic mass is 32.1. The molecule has 11 nitrogen and oxygen atoms in total. The summed E-state index contributed by atoms with van der Waals surface area (Å²) in [6.07, 6.45) is 31.8. The van der Waals surface area contributed by atoms with Gasteiger partial charge in [0.15, 0.2) is 15.3 Å². The molecule has 0 aliphatic carbocycles. The Labute approximate surface area is 365 Å². The van der Waals surface area contributed by atoms with E-state index in [9.17, 15) is 9.59 Å². The fourth-order valence-electron chi connectivity index (χ4n) is 6.57. The average molecular weight is 858 g/mol. The molecule has 0 atom stereocenters. The number of carbonyl (C=O) groups is 2. The Morgan fingerprint density at radius 1 is 0.404 bits per heavy atom. The summed E-state index contributed by atoms with van der Waals surface area (Å²) in [6, 6.07) is 0. The predicted molar refractivity (Wildman–Crippen MR) is 256 cm³/mol. The third-order valence-electron chi connectivity index (χ3n) is 10.0. The molecular formula is C43H87N9O2S3. The van der Waals surface area contributed by atoms with E-state index >= 15 is 0 Å². The molecule has 2 amide bonds. The van der Waals surface area contributed by atoms with Gasteiger partial charge in [-0.3, -0.25) is 9.59 Å². The van der Waals surface area contributed by atoms with Crippen molar-refractivity contribution in [2.75, 3.05) is 65.4 Å². The second-order valence-corrected chi connectivity index (χ2v) is 16.6. The number of nitrogens with one attached hydrogen (secondary N) is 7.